The molecule has 0 aromatic heterocycles. The molecular weight excluding hydrogens is 248 g/mol. The minimum Gasteiger partial charge on any atom is -0.456 e. The molecule has 0 amide bonds. The van der Waals surface area contributed by atoms with Crippen LogP contribution in [0.1, 0.15) is 27.7 Å². The molecule has 0 atom stereocenters. The smallest absolute Gasteiger partial charge is 0.341 e. The maximum atomic E-state index is 11.5. The monoisotopic (exact) mass is 262 g/mol. The van der Waals surface area contributed by atoms with Gasteiger partial charge in [0.15, 0.2) is 5.78 Å². The zero-order valence-electron chi connectivity index (χ0n) is 8.89. The third-order valence-electron chi connectivity index (χ3n) is 1.33. The van der Waals surface area contributed by atoms with Crippen molar-refractivity contribution in [2.24, 2.45) is 0 Å². The molecule has 0 aromatic rings. The number of rotatable bonds is 3. The number of hydrogen-bond acceptors (Lipinski definition) is 3. The predicted molar refractivity (Wildman–Crippen MR) is 58.4 cm³/mol. The average Bonchev–Trinajstić information content (AvgIpc) is 2.01. The molecule has 0 aromatic carbocycles. The molecule has 4 heteroatoms. The van der Waals surface area contributed by atoms with Crippen molar-refractivity contribution in [3.05, 3.63) is 11.6 Å². The lowest BCUT2D eigenvalue weighted by atomic mass is 10.1. The van der Waals surface area contributed by atoms with E-state index >= 15 is 0 Å². The first-order chi connectivity index (χ1) is 6.31. The molecule has 0 saturated heterocycles. The van der Waals surface area contributed by atoms with Crippen LogP contribution in [0.15, 0.2) is 11.6 Å². The molecular formula is C10H15BrO3. The van der Waals surface area contributed by atoms with E-state index in [0.717, 1.165) is 0 Å². The highest BCUT2D eigenvalue weighted by Crippen LogP contribution is 2.12. The molecule has 0 unspecified atom stereocenters. The molecule has 0 rings (SSSR count). The fourth-order valence-electron chi connectivity index (χ4n) is 0.798. The highest BCUT2D eigenvalue weighted by Gasteiger charge is 2.23. The number of allylic oxidation sites excluding steroid dienone is 1. The first-order valence-electron chi connectivity index (χ1n) is 4.30. The van der Waals surface area contributed by atoms with Gasteiger partial charge >= 0.3 is 5.97 Å². The summed E-state index contributed by atoms with van der Waals surface area (Å²) in [5, 5.41) is 0.131. The van der Waals surface area contributed by atoms with E-state index in [1.54, 1.807) is 27.7 Å². The summed E-state index contributed by atoms with van der Waals surface area (Å²) in [6, 6.07) is 0. The quantitative estimate of drug-likeness (QED) is 0.258. The van der Waals surface area contributed by atoms with Crippen molar-refractivity contribution >= 4 is 27.7 Å². The van der Waals surface area contributed by atoms with Crippen molar-refractivity contribution in [2.45, 2.75) is 33.3 Å². The lowest BCUT2D eigenvalue weighted by molar-refractivity contribution is -0.150. The van der Waals surface area contributed by atoms with Gasteiger partial charge < -0.3 is 4.74 Å². The minimum atomic E-state index is -0.571. The van der Waals surface area contributed by atoms with Crippen LogP contribution in [-0.4, -0.2) is 22.7 Å². The van der Waals surface area contributed by atoms with Crippen molar-refractivity contribution in [2.75, 3.05) is 5.33 Å². The number of hydrogen-bond donors (Lipinski definition) is 0. The molecule has 0 radical (unpaired) electrons. The maximum Gasteiger partial charge on any atom is 0.341 e. The number of Topliss-reactive ketones (excluding diaryl/α,β-unsaturated/α-hetero) is 1. The number of carbonyl (C=O) groups excluding carboxylic acids is 2. The number of esters is 1. The highest BCUT2D eigenvalue weighted by molar-refractivity contribution is 9.09. The van der Waals surface area contributed by atoms with Gasteiger partial charge in [0.05, 0.1) is 10.9 Å². The molecule has 0 heterocycles. The first-order valence-corrected chi connectivity index (χ1v) is 5.42. The number of halogens is 1. The van der Waals surface area contributed by atoms with Crippen LogP contribution in [0.5, 0.6) is 0 Å². The molecule has 0 aliphatic rings. The van der Waals surface area contributed by atoms with Gasteiger partial charge in [0, 0.05) is 0 Å². The highest BCUT2D eigenvalue weighted by atomic mass is 79.9. The normalized spacial score (nSPS) is 12.5. The van der Waals surface area contributed by atoms with Crippen molar-refractivity contribution in [3.8, 4) is 0 Å². The van der Waals surface area contributed by atoms with Crippen molar-refractivity contribution < 1.29 is 14.3 Å². The lowest BCUT2D eigenvalue weighted by Gasteiger charge is -2.19. The minimum absolute atomic E-state index is 0.0943. The summed E-state index contributed by atoms with van der Waals surface area (Å²) in [7, 11) is 0. The van der Waals surface area contributed by atoms with Crippen molar-refractivity contribution in [1.29, 1.82) is 0 Å². The second-order valence-electron chi connectivity index (χ2n) is 3.76. The van der Waals surface area contributed by atoms with Crippen LogP contribution in [0.25, 0.3) is 0 Å². The second-order valence-corrected chi connectivity index (χ2v) is 4.32. The third-order valence-corrected chi connectivity index (χ3v) is 1.84. The fraction of sp³-hybridized carbons (Fsp3) is 0.600. The maximum absolute atomic E-state index is 11.5. The Labute approximate surface area is 92.6 Å². The summed E-state index contributed by atoms with van der Waals surface area (Å²) in [4.78, 5) is 22.7. The average molecular weight is 263 g/mol. The third kappa shape index (κ3) is 4.56. The Morgan fingerprint density at radius 2 is 1.86 bits per heavy atom. The summed E-state index contributed by atoms with van der Waals surface area (Å²) in [6.07, 6.45) is 1.47. The van der Waals surface area contributed by atoms with Gasteiger partial charge in [-0.2, -0.15) is 0 Å². The Hall–Kier alpha value is -0.640. The number of carbonyl (C=O) groups is 2. The largest absolute Gasteiger partial charge is 0.456 e. The van der Waals surface area contributed by atoms with Crippen molar-refractivity contribution in [1.82, 2.24) is 0 Å². The van der Waals surface area contributed by atoms with Gasteiger partial charge in [-0.15, -0.1) is 0 Å². The number of ketones is 1. The molecule has 0 saturated carbocycles. The molecule has 0 aliphatic carbocycles. The Morgan fingerprint density at radius 3 is 2.14 bits per heavy atom. The topological polar surface area (TPSA) is 43.4 Å². The number of alkyl halides is 1. The van der Waals surface area contributed by atoms with Gasteiger partial charge in [-0.05, 0) is 27.7 Å². The summed E-state index contributed by atoms with van der Waals surface area (Å²) < 4.78 is 5.06. The van der Waals surface area contributed by atoms with Crippen LogP contribution in [0.2, 0.25) is 0 Å². The van der Waals surface area contributed by atoms with E-state index in [2.05, 4.69) is 15.9 Å². The van der Waals surface area contributed by atoms with Gasteiger partial charge in [0.1, 0.15) is 5.60 Å². The molecule has 0 spiro atoms. The Bertz CT molecular complexity index is 261. The van der Waals surface area contributed by atoms with Crippen LogP contribution in [0.4, 0.5) is 0 Å². The molecule has 3 nitrogen and oxygen atoms in total. The zero-order chi connectivity index (χ0) is 11.4. The summed E-state index contributed by atoms with van der Waals surface area (Å²) in [5.41, 5.74) is -0.477. The van der Waals surface area contributed by atoms with E-state index in [1.807, 2.05) is 0 Å². The molecule has 80 valence electrons. The zero-order valence-corrected chi connectivity index (χ0v) is 10.5. The Balaban J connectivity index is 4.59. The summed E-state index contributed by atoms with van der Waals surface area (Å²) >= 11 is 3.01. The van der Waals surface area contributed by atoms with E-state index in [4.69, 9.17) is 4.74 Å². The van der Waals surface area contributed by atoms with E-state index in [9.17, 15) is 9.59 Å². The number of ether oxygens (including phenoxy) is 1. The standard InChI is InChI=1S/C10H15BrO3/c1-5-7(8(12)6-11)9(13)14-10(2,3)4/h5H,6H2,1-4H3. The Morgan fingerprint density at radius 1 is 1.36 bits per heavy atom. The van der Waals surface area contributed by atoms with Gasteiger partial charge in [-0.1, -0.05) is 22.0 Å². The van der Waals surface area contributed by atoms with Crippen LogP contribution < -0.4 is 0 Å². The van der Waals surface area contributed by atoms with E-state index in [-0.39, 0.29) is 16.7 Å². The van der Waals surface area contributed by atoms with Crippen molar-refractivity contribution in [3.63, 3.8) is 0 Å². The predicted octanol–water partition coefficient (Wildman–Crippen LogP) is 2.24. The SMILES string of the molecule is CC=C(C(=O)CBr)C(=O)OC(C)(C)C. The van der Waals surface area contributed by atoms with Gasteiger partial charge in [0.2, 0.25) is 0 Å². The summed E-state index contributed by atoms with van der Waals surface area (Å²) in [6.45, 7) is 6.92. The molecule has 14 heavy (non-hydrogen) atoms. The molecule has 0 aliphatic heterocycles. The molecule has 0 bridgehead atoms. The summed E-state index contributed by atoms with van der Waals surface area (Å²) in [5.74, 6) is -0.828. The van der Waals surface area contributed by atoms with Gasteiger partial charge in [-0.25, -0.2) is 4.79 Å². The van der Waals surface area contributed by atoms with Crippen LogP contribution in [-0.2, 0) is 14.3 Å². The lowest BCUT2D eigenvalue weighted by Crippen LogP contribution is -2.27. The van der Waals surface area contributed by atoms with Crippen LogP contribution >= 0.6 is 15.9 Å². The van der Waals surface area contributed by atoms with Gasteiger partial charge in [0.25, 0.3) is 0 Å². The molecule has 0 fully saturated rings. The fourth-order valence-corrected chi connectivity index (χ4v) is 1.10. The second kappa shape index (κ2) is 5.29. The van der Waals surface area contributed by atoms with Crippen LogP contribution in [0, 0.1) is 0 Å². The van der Waals surface area contributed by atoms with Crippen LogP contribution in [0.3, 0.4) is 0 Å². The first kappa shape index (κ1) is 13.4. The Kier molecular flexibility index (Phi) is 5.05. The van der Waals surface area contributed by atoms with E-state index in [1.165, 1.54) is 6.08 Å². The molecule has 0 N–H and O–H groups in total. The van der Waals surface area contributed by atoms with E-state index in [0.29, 0.717) is 0 Å². The van der Waals surface area contributed by atoms with E-state index < -0.39 is 11.6 Å². The van der Waals surface area contributed by atoms with Gasteiger partial charge in [-0.3, -0.25) is 4.79 Å².